The summed E-state index contributed by atoms with van der Waals surface area (Å²) >= 11 is 5.98. The van der Waals surface area contributed by atoms with Gasteiger partial charge in [0.05, 0.1) is 21.7 Å². The van der Waals surface area contributed by atoms with Crippen molar-refractivity contribution in [3.8, 4) is 11.5 Å². The molecule has 9 nitrogen and oxygen atoms in total. The highest BCUT2D eigenvalue weighted by atomic mass is 35.5. The van der Waals surface area contributed by atoms with E-state index in [-0.39, 0.29) is 17.9 Å². The van der Waals surface area contributed by atoms with Crippen molar-refractivity contribution >= 4 is 35.4 Å². The van der Waals surface area contributed by atoms with E-state index in [0.717, 1.165) is 0 Å². The smallest absolute Gasteiger partial charge is 0.345 e. The maximum atomic E-state index is 12.2. The van der Waals surface area contributed by atoms with Gasteiger partial charge in [-0.05, 0) is 54.1 Å². The van der Waals surface area contributed by atoms with Gasteiger partial charge in [0.15, 0.2) is 6.61 Å². The summed E-state index contributed by atoms with van der Waals surface area (Å²) in [4.78, 5) is 34.0. The van der Waals surface area contributed by atoms with Crippen LogP contribution in [0.25, 0.3) is 0 Å². The molecule has 0 unspecified atom stereocenters. The molecule has 0 atom stereocenters. The van der Waals surface area contributed by atoms with E-state index in [2.05, 4.69) is 10.5 Å². The molecule has 0 spiro atoms. The van der Waals surface area contributed by atoms with Crippen molar-refractivity contribution < 1.29 is 24.0 Å². The lowest BCUT2D eigenvalue weighted by Crippen LogP contribution is -2.24. The molecule has 0 radical (unpaired) electrons. The molecule has 1 amide bonds. The number of ether oxygens (including phenoxy) is 2. The van der Waals surface area contributed by atoms with E-state index < -0.39 is 16.8 Å². The van der Waals surface area contributed by atoms with Crippen molar-refractivity contribution in [2.45, 2.75) is 0 Å². The molecule has 0 fully saturated rings. The number of hydrogen-bond donors (Lipinski definition) is 1. The molecule has 3 aromatic carbocycles. The van der Waals surface area contributed by atoms with Crippen LogP contribution in [0.3, 0.4) is 0 Å². The Labute approximate surface area is 187 Å². The topological polar surface area (TPSA) is 120 Å². The number of nitrogens with one attached hydrogen (secondary N) is 1. The Morgan fingerprint density at radius 3 is 2.31 bits per heavy atom. The summed E-state index contributed by atoms with van der Waals surface area (Å²) in [6, 6.07) is 18.4. The number of benzene rings is 3. The highest BCUT2D eigenvalue weighted by Crippen LogP contribution is 2.19. The molecular formula is C22H16ClN3O6. The molecule has 3 rings (SSSR count). The molecule has 0 aliphatic rings. The number of non-ortho nitro benzene ring substituents is 1. The quantitative estimate of drug-likeness (QED) is 0.181. The minimum absolute atomic E-state index is 0.0731. The number of carbonyl (C=O) groups is 2. The fourth-order valence-electron chi connectivity index (χ4n) is 2.43. The maximum Gasteiger partial charge on any atom is 0.345 e. The number of rotatable bonds is 8. The molecule has 0 saturated heterocycles. The molecule has 0 aliphatic carbocycles. The normalized spacial score (nSPS) is 10.5. The zero-order valence-electron chi connectivity index (χ0n) is 16.4. The molecule has 162 valence electrons. The van der Waals surface area contributed by atoms with Crippen molar-refractivity contribution in [3.05, 3.63) is 99.1 Å². The second-order valence-electron chi connectivity index (χ2n) is 6.27. The monoisotopic (exact) mass is 453 g/mol. The van der Waals surface area contributed by atoms with Crippen LogP contribution >= 0.6 is 11.6 Å². The third-order valence-corrected chi connectivity index (χ3v) is 4.33. The van der Waals surface area contributed by atoms with Gasteiger partial charge < -0.3 is 9.47 Å². The van der Waals surface area contributed by atoms with Gasteiger partial charge in [-0.1, -0.05) is 23.7 Å². The lowest BCUT2D eigenvalue weighted by molar-refractivity contribution is -0.384. The number of amides is 1. The highest BCUT2D eigenvalue weighted by molar-refractivity contribution is 6.33. The number of nitro benzene ring substituents is 1. The minimum Gasteiger partial charge on any atom is -0.484 e. The predicted octanol–water partition coefficient (Wildman–Crippen LogP) is 4.00. The third-order valence-electron chi connectivity index (χ3n) is 4.00. The number of nitrogens with zero attached hydrogens (tertiary/aromatic N) is 2. The molecule has 32 heavy (non-hydrogen) atoms. The van der Waals surface area contributed by atoms with Gasteiger partial charge in [0.2, 0.25) is 0 Å². The molecule has 0 saturated carbocycles. The van der Waals surface area contributed by atoms with Gasteiger partial charge in [0.25, 0.3) is 11.6 Å². The van der Waals surface area contributed by atoms with Gasteiger partial charge in [0.1, 0.15) is 11.5 Å². The van der Waals surface area contributed by atoms with Crippen molar-refractivity contribution in [1.29, 1.82) is 0 Å². The highest BCUT2D eigenvalue weighted by Gasteiger charge is 2.12. The summed E-state index contributed by atoms with van der Waals surface area (Å²) < 4.78 is 10.5. The Bertz CT molecular complexity index is 1150. The fourth-order valence-corrected chi connectivity index (χ4v) is 2.65. The Morgan fingerprint density at radius 2 is 1.66 bits per heavy atom. The van der Waals surface area contributed by atoms with Crippen molar-refractivity contribution in [3.63, 3.8) is 0 Å². The Kier molecular flexibility index (Phi) is 7.50. The van der Waals surface area contributed by atoms with Crippen molar-refractivity contribution in [2.75, 3.05) is 6.61 Å². The van der Waals surface area contributed by atoms with Crippen LogP contribution in [-0.2, 0) is 4.79 Å². The summed E-state index contributed by atoms with van der Waals surface area (Å²) in [5, 5.41) is 14.7. The number of carbonyl (C=O) groups excluding carboxylic acids is 2. The SMILES string of the molecule is O=C(COc1ccc([N+](=O)[O-])cc1)NN=Cc1ccc(OC(=O)c2ccccc2Cl)cc1. The molecule has 0 bridgehead atoms. The zero-order chi connectivity index (χ0) is 22.9. The van der Waals surface area contributed by atoms with Crippen LogP contribution in [0.5, 0.6) is 11.5 Å². The Hall–Kier alpha value is -4.24. The number of esters is 1. The summed E-state index contributed by atoms with van der Waals surface area (Å²) in [7, 11) is 0. The number of halogens is 1. The molecular weight excluding hydrogens is 438 g/mol. The average molecular weight is 454 g/mol. The van der Waals surface area contributed by atoms with E-state index in [9.17, 15) is 19.7 Å². The minimum atomic E-state index is -0.572. The summed E-state index contributed by atoms with van der Waals surface area (Å²) in [5.74, 6) is -0.438. The Balaban J connectivity index is 1.46. The maximum absolute atomic E-state index is 12.2. The zero-order valence-corrected chi connectivity index (χ0v) is 17.2. The average Bonchev–Trinajstić information content (AvgIpc) is 2.79. The van der Waals surface area contributed by atoms with Gasteiger partial charge in [-0.25, -0.2) is 10.2 Å². The van der Waals surface area contributed by atoms with Gasteiger partial charge >= 0.3 is 5.97 Å². The van der Waals surface area contributed by atoms with Crippen LogP contribution in [0.4, 0.5) is 5.69 Å². The van der Waals surface area contributed by atoms with E-state index in [4.69, 9.17) is 21.1 Å². The van der Waals surface area contributed by atoms with Crippen LogP contribution in [0, 0.1) is 10.1 Å². The van der Waals surface area contributed by atoms with E-state index >= 15 is 0 Å². The van der Waals surface area contributed by atoms with Gasteiger partial charge in [-0.3, -0.25) is 14.9 Å². The fraction of sp³-hybridized carbons (Fsp3) is 0.0455. The van der Waals surface area contributed by atoms with E-state index in [1.165, 1.54) is 30.5 Å². The summed E-state index contributed by atoms with van der Waals surface area (Å²) in [6.45, 7) is -0.313. The first-order valence-electron chi connectivity index (χ1n) is 9.18. The second kappa shape index (κ2) is 10.7. The van der Waals surface area contributed by atoms with Crippen LogP contribution < -0.4 is 14.9 Å². The molecule has 3 aromatic rings. The van der Waals surface area contributed by atoms with E-state index in [1.54, 1.807) is 48.5 Å². The molecule has 0 aromatic heterocycles. The molecule has 0 aliphatic heterocycles. The van der Waals surface area contributed by atoms with Crippen LogP contribution in [-0.4, -0.2) is 29.6 Å². The summed E-state index contributed by atoms with van der Waals surface area (Å²) in [6.07, 6.45) is 1.41. The first-order valence-corrected chi connectivity index (χ1v) is 9.56. The number of hydrazone groups is 1. The van der Waals surface area contributed by atoms with Crippen molar-refractivity contribution in [2.24, 2.45) is 5.10 Å². The summed E-state index contributed by atoms with van der Waals surface area (Å²) in [5.41, 5.74) is 3.14. The molecule has 10 heteroatoms. The molecule has 1 N–H and O–H groups in total. The Morgan fingerprint density at radius 1 is 1.00 bits per heavy atom. The lowest BCUT2D eigenvalue weighted by atomic mass is 10.2. The van der Waals surface area contributed by atoms with E-state index in [0.29, 0.717) is 22.1 Å². The lowest BCUT2D eigenvalue weighted by Gasteiger charge is -2.06. The first-order chi connectivity index (χ1) is 15.4. The van der Waals surface area contributed by atoms with Crippen molar-refractivity contribution in [1.82, 2.24) is 5.43 Å². The van der Waals surface area contributed by atoms with Crippen LogP contribution in [0.2, 0.25) is 5.02 Å². The van der Waals surface area contributed by atoms with Gasteiger partial charge in [-0.2, -0.15) is 5.10 Å². The number of hydrogen-bond acceptors (Lipinski definition) is 7. The largest absolute Gasteiger partial charge is 0.484 e. The standard InChI is InChI=1S/C22H16ClN3O6/c23-20-4-2-1-3-19(20)22(28)32-18-9-5-15(6-10-18)13-24-25-21(27)14-31-17-11-7-16(8-12-17)26(29)30/h1-13H,14H2,(H,25,27). The number of nitro groups is 1. The van der Waals surface area contributed by atoms with Gasteiger partial charge in [-0.15, -0.1) is 0 Å². The predicted molar refractivity (Wildman–Crippen MR) is 117 cm³/mol. The molecule has 0 heterocycles. The third kappa shape index (κ3) is 6.38. The first kappa shape index (κ1) is 22.4. The second-order valence-corrected chi connectivity index (χ2v) is 6.68. The van der Waals surface area contributed by atoms with Gasteiger partial charge in [0, 0.05) is 12.1 Å². The van der Waals surface area contributed by atoms with E-state index in [1.807, 2.05) is 0 Å². The van der Waals surface area contributed by atoms with Crippen LogP contribution in [0.1, 0.15) is 15.9 Å². The van der Waals surface area contributed by atoms with Crippen LogP contribution in [0.15, 0.2) is 77.9 Å².